The van der Waals surface area contributed by atoms with Crippen molar-refractivity contribution in [2.24, 2.45) is 0 Å². The molecule has 0 spiro atoms. The number of hydrogen-bond acceptors (Lipinski definition) is 1. The summed E-state index contributed by atoms with van der Waals surface area (Å²) in [5.41, 5.74) is 0. The van der Waals surface area contributed by atoms with Crippen LogP contribution in [0.2, 0.25) is 0 Å². The Morgan fingerprint density at radius 3 is 2.53 bits per heavy atom. The largest absolute Gasteiger partial charge is 0.573 e. The molecule has 0 saturated carbocycles. The second kappa shape index (κ2) is 3.46. The third-order valence-electron chi connectivity index (χ3n) is 1.91. The molecule has 15 heavy (non-hydrogen) atoms. The third kappa shape index (κ3) is 2.21. The number of fused-ring (bicyclic) bond motifs is 1. The molecule has 2 aromatic rings. The minimum absolute atomic E-state index is 0.222. The van der Waals surface area contributed by atoms with Crippen LogP contribution in [0.3, 0.4) is 0 Å². The Labute approximate surface area is 84.1 Å². The molecule has 0 aliphatic carbocycles. The summed E-state index contributed by atoms with van der Waals surface area (Å²) < 4.78 is 40.0. The zero-order chi connectivity index (χ0) is 10.9. The molecule has 77 valence electrons. The van der Waals surface area contributed by atoms with Crippen LogP contribution in [-0.4, -0.2) is 6.36 Å². The van der Waals surface area contributed by atoms with Gasteiger partial charge < -0.3 is 4.74 Å². The Kier molecular flexibility index (Phi) is 2.26. The minimum atomic E-state index is -4.67. The monoisotopic (exact) mass is 211 g/mol. The summed E-state index contributed by atoms with van der Waals surface area (Å²) in [7, 11) is 0. The molecule has 0 aromatic heterocycles. The Morgan fingerprint density at radius 1 is 1.07 bits per heavy atom. The molecule has 0 bridgehead atoms. The first kappa shape index (κ1) is 9.83. The van der Waals surface area contributed by atoms with Crippen LogP contribution >= 0.6 is 0 Å². The number of benzene rings is 2. The van der Waals surface area contributed by atoms with Crippen LogP contribution in [0, 0.1) is 6.07 Å². The number of hydrogen-bond donors (Lipinski definition) is 0. The standard InChI is InChI=1S/C11H6F3O/c12-11(13,14)15-10-7-3-5-8-4-1-2-6-9(8)10/h1-2,4-7H. The summed E-state index contributed by atoms with van der Waals surface area (Å²) in [6.45, 7) is 0. The zero-order valence-electron chi connectivity index (χ0n) is 7.51. The molecule has 0 unspecified atom stereocenters. The lowest BCUT2D eigenvalue weighted by molar-refractivity contribution is -0.274. The van der Waals surface area contributed by atoms with Crippen molar-refractivity contribution in [3.63, 3.8) is 0 Å². The van der Waals surface area contributed by atoms with Gasteiger partial charge in [-0.25, -0.2) is 0 Å². The average molecular weight is 211 g/mol. The van der Waals surface area contributed by atoms with E-state index in [1.807, 2.05) is 0 Å². The molecule has 0 aliphatic rings. The Balaban J connectivity index is 2.52. The summed E-state index contributed by atoms with van der Waals surface area (Å²) in [5, 5.41) is 1.09. The number of ether oxygens (including phenoxy) is 1. The maximum atomic E-state index is 12.0. The van der Waals surface area contributed by atoms with Crippen molar-refractivity contribution >= 4 is 10.8 Å². The Morgan fingerprint density at radius 2 is 1.80 bits per heavy atom. The highest BCUT2D eigenvalue weighted by Gasteiger charge is 2.31. The lowest BCUT2D eigenvalue weighted by Gasteiger charge is -2.10. The molecule has 1 nitrogen and oxygen atoms in total. The van der Waals surface area contributed by atoms with Gasteiger partial charge in [-0.15, -0.1) is 13.2 Å². The molecule has 0 saturated heterocycles. The fourth-order valence-corrected chi connectivity index (χ4v) is 1.34. The molecule has 0 amide bonds. The second-order valence-electron chi connectivity index (χ2n) is 2.95. The molecule has 0 aliphatic heterocycles. The van der Waals surface area contributed by atoms with E-state index in [-0.39, 0.29) is 5.75 Å². The van der Waals surface area contributed by atoms with Crippen LogP contribution in [0.1, 0.15) is 0 Å². The van der Waals surface area contributed by atoms with E-state index in [9.17, 15) is 13.2 Å². The van der Waals surface area contributed by atoms with Crippen LogP contribution in [0.15, 0.2) is 36.4 Å². The highest BCUT2D eigenvalue weighted by molar-refractivity contribution is 5.88. The van der Waals surface area contributed by atoms with E-state index in [0.717, 1.165) is 0 Å². The summed E-state index contributed by atoms with van der Waals surface area (Å²) >= 11 is 0. The van der Waals surface area contributed by atoms with Crippen molar-refractivity contribution in [2.45, 2.75) is 6.36 Å². The van der Waals surface area contributed by atoms with Crippen molar-refractivity contribution in [3.8, 4) is 5.75 Å². The van der Waals surface area contributed by atoms with Gasteiger partial charge >= 0.3 is 6.36 Å². The Bertz CT molecular complexity index is 471. The van der Waals surface area contributed by atoms with E-state index in [1.165, 1.54) is 6.07 Å². The van der Waals surface area contributed by atoms with E-state index in [1.54, 1.807) is 30.3 Å². The van der Waals surface area contributed by atoms with Gasteiger partial charge in [-0.05, 0) is 23.6 Å². The summed E-state index contributed by atoms with van der Waals surface area (Å²) in [6.07, 6.45) is -4.67. The van der Waals surface area contributed by atoms with E-state index >= 15 is 0 Å². The van der Waals surface area contributed by atoms with Gasteiger partial charge in [0.25, 0.3) is 0 Å². The van der Waals surface area contributed by atoms with Gasteiger partial charge in [0, 0.05) is 5.39 Å². The van der Waals surface area contributed by atoms with Crippen molar-refractivity contribution in [3.05, 3.63) is 42.5 Å². The van der Waals surface area contributed by atoms with Crippen molar-refractivity contribution in [2.75, 3.05) is 0 Å². The molecule has 0 atom stereocenters. The van der Waals surface area contributed by atoms with E-state index < -0.39 is 6.36 Å². The van der Waals surface area contributed by atoms with Crippen LogP contribution < -0.4 is 4.74 Å². The lowest BCUT2D eigenvalue weighted by atomic mass is 10.1. The van der Waals surface area contributed by atoms with Gasteiger partial charge in [0.1, 0.15) is 5.75 Å². The third-order valence-corrected chi connectivity index (χ3v) is 1.91. The van der Waals surface area contributed by atoms with Gasteiger partial charge in [-0.3, -0.25) is 0 Å². The summed E-state index contributed by atoms with van der Waals surface area (Å²) in [4.78, 5) is 0. The molecule has 0 heterocycles. The fraction of sp³-hybridized carbons (Fsp3) is 0.0909. The zero-order valence-corrected chi connectivity index (χ0v) is 7.51. The molecular weight excluding hydrogens is 205 g/mol. The first-order valence-electron chi connectivity index (χ1n) is 4.21. The van der Waals surface area contributed by atoms with Gasteiger partial charge in [-0.2, -0.15) is 0 Å². The predicted molar refractivity (Wildman–Crippen MR) is 49.5 cm³/mol. The summed E-state index contributed by atoms with van der Waals surface area (Å²) in [5.74, 6) is -0.222. The van der Waals surface area contributed by atoms with Gasteiger partial charge in [0.05, 0.1) is 0 Å². The molecular formula is C11H6F3O. The van der Waals surface area contributed by atoms with Crippen LogP contribution in [0.4, 0.5) is 13.2 Å². The molecule has 2 rings (SSSR count). The highest BCUT2D eigenvalue weighted by Crippen LogP contribution is 2.29. The lowest BCUT2D eigenvalue weighted by Crippen LogP contribution is -2.17. The average Bonchev–Trinajstić information content (AvgIpc) is 2.16. The SMILES string of the molecule is FC(F)(F)Oc1c[c]cc2ccccc12. The van der Waals surface area contributed by atoms with Crippen LogP contribution in [-0.2, 0) is 0 Å². The first-order chi connectivity index (χ1) is 7.06. The maximum Gasteiger partial charge on any atom is 0.573 e. The van der Waals surface area contributed by atoms with Crippen molar-refractivity contribution in [1.29, 1.82) is 0 Å². The maximum absolute atomic E-state index is 12.0. The minimum Gasteiger partial charge on any atom is -0.405 e. The molecule has 0 N–H and O–H groups in total. The fourth-order valence-electron chi connectivity index (χ4n) is 1.34. The van der Waals surface area contributed by atoms with Gasteiger partial charge in [0.2, 0.25) is 0 Å². The van der Waals surface area contributed by atoms with E-state index in [0.29, 0.717) is 10.8 Å². The van der Waals surface area contributed by atoms with Gasteiger partial charge in [-0.1, -0.05) is 24.3 Å². The summed E-state index contributed by atoms with van der Waals surface area (Å²) in [6, 6.07) is 12.1. The normalized spacial score (nSPS) is 11.7. The van der Waals surface area contributed by atoms with Crippen LogP contribution in [0.5, 0.6) is 5.75 Å². The molecule has 1 radical (unpaired) electrons. The quantitative estimate of drug-likeness (QED) is 0.701. The molecule has 4 heteroatoms. The Hall–Kier alpha value is -1.71. The predicted octanol–water partition coefficient (Wildman–Crippen LogP) is 3.54. The van der Waals surface area contributed by atoms with Crippen molar-refractivity contribution < 1.29 is 17.9 Å². The number of rotatable bonds is 1. The smallest absolute Gasteiger partial charge is 0.405 e. The first-order valence-corrected chi connectivity index (χ1v) is 4.21. The molecule has 0 fully saturated rings. The number of alkyl halides is 3. The van der Waals surface area contributed by atoms with E-state index in [4.69, 9.17) is 0 Å². The second-order valence-corrected chi connectivity index (χ2v) is 2.95. The van der Waals surface area contributed by atoms with Crippen LogP contribution in [0.25, 0.3) is 10.8 Å². The van der Waals surface area contributed by atoms with E-state index in [2.05, 4.69) is 10.8 Å². The molecule has 2 aromatic carbocycles. The topological polar surface area (TPSA) is 9.23 Å². The number of halogens is 3. The van der Waals surface area contributed by atoms with Gasteiger partial charge in [0.15, 0.2) is 0 Å². The van der Waals surface area contributed by atoms with Crippen molar-refractivity contribution in [1.82, 2.24) is 0 Å². The highest BCUT2D eigenvalue weighted by atomic mass is 19.4.